The van der Waals surface area contributed by atoms with E-state index in [1.165, 1.54) is 11.5 Å². The lowest BCUT2D eigenvalue weighted by atomic mass is 10.3. The van der Waals surface area contributed by atoms with Crippen molar-refractivity contribution in [3.63, 3.8) is 0 Å². The van der Waals surface area contributed by atoms with Crippen LogP contribution in [0.3, 0.4) is 0 Å². The van der Waals surface area contributed by atoms with E-state index in [2.05, 4.69) is 21.3 Å². The van der Waals surface area contributed by atoms with Crippen LogP contribution in [0.25, 0.3) is 16.0 Å². The first-order valence-corrected chi connectivity index (χ1v) is 7.72. The second-order valence-corrected chi connectivity index (χ2v) is 6.05. The first-order chi connectivity index (χ1) is 10.2. The number of rotatable bonds is 1. The Morgan fingerprint density at radius 1 is 1.19 bits per heavy atom. The molecule has 0 spiro atoms. The Kier molecular flexibility index (Phi) is 2.90. The molecular weight excluding hydrogens is 286 g/mol. The van der Waals surface area contributed by atoms with E-state index in [1.807, 2.05) is 33.6 Å². The molecule has 6 nitrogen and oxygen atoms in total. The third kappa shape index (κ3) is 2.00. The minimum absolute atomic E-state index is 0.00231. The summed E-state index contributed by atoms with van der Waals surface area (Å²) in [6.07, 6.45) is 0. The van der Waals surface area contributed by atoms with Crippen molar-refractivity contribution in [3.05, 3.63) is 30.1 Å². The monoisotopic (exact) mass is 301 g/mol. The van der Waals surface area contributed by atoms with Gasteiger partial charge in [0.05, 0.1) is 11.0 Å². The van der Waals surface area contributed by atoms with Crippen molar-refractivity contribution in [1.82, 2.24) is 23.6 Å². The molecule has 0 radical (unpaired) electrons. The Labute approximate surface area is 125 Å². The average molecular weight is 301 g/mol. The third-order valence-corrected chi connectivity index (χ3v) is 4.64. The predicted octanol–water partition coefficient (Wildman–Crippen LogP) is 1.33. The number of nitrogens with zero attached hydrogens (tertiary/aromatic N) is 5. The lowest BCUT2D eigenvalue weighted by molar-refractivity contribution is 0.0652. The first-order valence-electron chi connectivity index (χ1n) is 6.95. The molecule has 2 aromatic heterocycles. The van der Waals surface area contributed by atoms with Gasteiger partial charge in [-0.3, -0.25) is 9.20 Å². The normalized spacial score (nSPS) is 16.9. The molecule has 0 atom stereocenters. The first kappa shape index (κ1) is 12.7. The molecular formula is C14H15N5OS. The van der Waals surface area contributed by atoms with Crippen molar-refractivity contribution in [3.8, 4) is 0 Å². The van der Waals surface area contributed by atoms with E-state index < -0.39 is 0 Å². The Morgan fingerprint density at radius 2 is 1.95 bits per heavy atom. The number of hydrogen-bond acceptors (Lipinski definition) is 5. The number of imidazole rings is 1. The fourth-order valence-electron chi connectivity index (χ4n) is 2.68. The maximum Gasteiger partial charge on any atom is 0.291 e. The van der Waals surface area contributed by atoms with Crippen LogP contribution in [0.15, 0.2) is 24.3 Å². The fraction of sp³-hybridized carbons (Fsp3) is 0.357. The van der Waals surface area contributed by atoms with Crippen molar-refractivity contribution >= 4 is 33.4 Å². The summed E-state index contributed by atoms with van der Waals surface area (Å²) >= 11 is 1.28. The number of aromatic nitrogens is 3. The number of piperazine rings is 1. The molecule has 108 valence electrons. The zero-order valence-electron chi connectivity index (χ0n) is 11.7. The summed E-state index contributed by atoms with van der Waals surface area (Å²) in [4.78, 5) is 22.1. The molecule has 0 aliphatic carbocycles. The number of fused-ring (bicyclic) bond motifs is 3. The SMILES string of the molecule is CN1CCN(C(=O)c2nsc3nc4ccccc4n23)CC1. The zero-order valence-corrected chi connectivity index (χ0v) is 12.5. The van der Waals surface area contributed by atoms with Gasteiger partial charge in [0.15, 0.2) is 0 Å². The second kappa shape index (κ2) is 4.78. The van der Waals surface area contributed by atoms with Crippen molar-refractivity contribution < 1.29 is 4.79 Å². The minimum atomic E-state index is -0.00231. The predicted molar refractivity (Wildman–Crippen MR) is 81.8 cm³/mol. The molecule has 0 saturated carbocycles. The number of benzene rings is 1. The summed E-state index contributed by atoms with van der Waals surface area (Å²) in [5, 5.41) is 0. The van der Waals surface area contributed by atoms with Crippen LogP contribution in [0.4, 0.5) is 0 Å². The van der Waals surface area contributed by atoms with Crippen molar-refractivity contribution in [2.75, 3.05) is 33.2 Å². The van der Waals surface area contributed by atoms with Gasteiger partial charge in [0, 0.05) is 37.7 Å². The zero-order chi connectivity index (χ0) is 14.4. The number of amides is 1. The Balaban J connectivity index is 1.77. The molecule has 0 unspecified atom stereocenters. The molecule has 7 heteroatoms. The Morgan fingerprint density at radius 3 is 2.76 bits per heavy atom. The largest absolute Gasteiger partial charge is 0.333 e. The van der Waals surface area contributed by atoms with Crippen LogP contribution in [0.5, 0.6) is 0 Å². The lowest BCUT2D eigenvalue weighted by Crippen LogP contribution is -2.47. The molecule has 1 amide bonds. The number of hydrogen-bond donors (Lipinski definition) is 0. The number of likely N-dealkylation sites (N-methyl/N-ethyl adjacent to an activating group) is 1. The van der Waals surface area contributed by atoms with E-state index in [4.69, 9.17) is 0 Å². The van der Waals surface area contributed by atoms with E-state index in [-0.39, 0.29) is 5.91 Å². The summed E-state index contributed by atoms with van der Waals surface area (Å²) < 4.78 is 6.21. The highest BCUT2D eigenvalue weighted by atomic mass is 32.1. The topological polar surface area (TPSA) is 53.7 Å². The second-order valence-electron chi connectivity index (χ2n) is 5.32. The smallest absolute Gasteiger partial charge is 0.291 e. The summed E-state index contributed by atoms with van der Waals surface area (Å²) in [6.45, 7) is 3.31. The quantitative estimate of drug-likeness (QED) is 0.680. The Bertz CT molecular complexity index is 815. The van der Waals surface area contributed by atoms with E-state index in [9.17, 15) is 4.79 Å². The highest BCUT2D eigenvalue weighted by Gasteiger charge is 2.25. The maximum atomic E-state index is 12.7. The number of carbonyl (C=O) groups is 1. The molecule has 4 rings (SSSR count). The standard InChI is InChI=1S/C14H15N5OS/c1-17-6-8-18(9-7-17)13(20)12-16-21-14-15-10-4-2-3-5-11(10)19(12)14/h2-5H,6-9H2,1H3. The van der Waals surface area contributed by atoms with E-state index in [0.29, 0.717) is 5.82 Å². The summed E-state index contributed by atoms with van der Waals surface area (Å²) in [5.74, 6) is 0.478. The maximum absolute atomic E-state index is 12.7. The van der Waals surface area contributed by atoms with Gasteiger partial charge in [0.25, 0.3) is 5.91 Å². The van der Waals surface area contributed by atoms with Crippen molar-refractivity contribution in [1.29, 1.82) is 0 Å². The molecule has 0 N–H and O–H groups in total. The number of para-hydroxylation sites is 2. The van der Waals surface area contributed by atoms with E-state index in [0.717, 1.165) is 42.2 Å². The van der Waals surface area contributed by atoms with Gasteiger partial charge in [-0.2, -0.15) is 4.37 Å². The van der Waals surface area contributed by atoms with Gasteiger partial charge in [-0.25, -0.2) is 4.98 Å². The van der Waals surface area contributed by atoms with Gasteiger partial charge in [-0.15, -0.1) is 0 Å². The third-order valence-electron chi connectivity index (χ3n) is 3.94. The lowest BCUT2D eigenvalue weighted by Gasteiger charge is -2.31. The van der Waals surface area contributed by atoms with Crippen LogP contribution in [0, 0.1) is 0 Å². The van der Waals surface area contributed by atoms with E-state index in [1.54, 1.807) is 0 Å². The van der Waals surface area contributed by atoms with Crippen molar-refractivity contribution in [2.24, 2.45) is 0 Å². The van der Waals surface area contributed by atoms with Gasteiger partial charge in [-0.05, 0) is 19.2 Å². The summed E-state index contributed by atoms with van der Waals surface area (Å²) in [7, 11) is 2.08. The molecule has 3 heterocycles. The van der Waals surface area contributed by atoms with Crippen LogP contribution >= 0.6 is 11.5 Å². The van der Waals surface area contributed by atoms with Gasteiger partial charge in [0.1, 0.15) is 0 Å². The van der Waals surface area contributed by atoms with Crippen LogP contribution < -0.4 is 0 Å². The van der Waals surface area contributed by atoms with Gasteiger partial charge in [-0.1, -0.05) is 12.1 Å². The Hall–Kier alpha value is -1.99. The summed E-state index contributed by atoms with van der Waals surface area (Å²) in [5.41, 5.74) is 1.84. The van der Waals surface area contributed by atoms with Gasteiger partial charge in [0.2, 0.25) is 10.8 Å². The molecule has 21 heavy (non-hydrogen) atoms. The molecule has 1 fully saturated rings. The van der Waals surface area contributed by atoms with Gasteiger partial charge >= 0.3 is 0 Å². The minimum Gasteiger partial charge on any atom is -0.333 e. The molecule has 0 bridgehead atoms. The molecule has 1 aromatic carbocycles. The van der Waals surface area contributed by atoms with Crippen LogP contribution in [-0.4, -0.2) is 62.7 Å². The molecule has 1 aliphatic rings. The van der Waals surface area contributed by atoms with E-state index >= 15 is 0 Å². The number of carbonyl (C=O) groups excluding carboxylic acids is 1. The average Bonchev–Trinajstić information content (AvgIpc) is 3.06. The van der Waals surface area contributed by atoms with Crippen LogP contribution in [0.1, 0.15) is 10.6 Å². The molecule has 1 saturated heterocycles. The van der Waals surface area contributed by atoms with Crippen molar-refractivity contribution in [2.45, 2.75) is 0 Å². The highest BCUT2D eigenvalue weighted by molar-refractivity contribution is 7.11. The molecule has 1 aliphatic heterocycles. The van der Waals surface area contributed by atoms with Crippen LogP contribution in [-0.2, 0) is 0 Å². The summed E-state index contributed by atoms with van der Waals surface area (Å²) in [6, 6.07) is 7.84. The van der Waals surface area contributed by atoms with Gasteiger partial charge < -0.3 is 9.80 Å². The molecule has 3 aromatic rings. The fourth-order valence-corrected chi connectivity index (χ4v) is 3.41. The highest BCUT2D eigenvalue weighted by Crippen LogP contribution is 2.22. The van der Waals surface area contributed by atoms with Crippen LogP contribution in [0.2, 0.25) is 0 Å².